The number of nitrogen functional groups attached to an aromatic ring is 1. The van der Waals surface area contributed by atoms with E-state index < -0.39 is 5.97 Å². The maximum absolute atomic E-state index is 11.9. The Morgan fingerprint density at radius 2 is 1.24 bits per heavy atom. The van der Waals surface area contributed by atoms with Crippen molar-refractivity contribution in [2.24, 2.45) is 0 Å². The van der Waals surface area contributed by atoms with Gasteiger partial charge in [0.2, 0.25) is 13.6 Å². The second kappa shape index (κ2) is 22.6. The van der Waals surface area contributed by atoms with Gasteiger partial charge in [-0.2, -0.15) is 0 Å². The summed E-state index contributed by atoms with van der Waals surface area (Å²) in [6, 6.07) is 12.4. The van der Waals surface area contributed by atoms with Gasteiger partial charge in [-0.1, -0.05) is 85.5 Å². The van der Waals surface area contributed by atoms with Crippen LogP contribution in [0.4, 0.5) is 11.4 Å². The number of epoxide rings is 2. The number of carboxylic acids is 1. The Balaban J connectivity index is 0.000000165. The third-order valence-electron chi connectivity index (χ3n) is 10.3. The van der Waals surface area contributed by atoms with E-state index in [1.807, 2.05) is 0 Å². The van der Waals surface area contributed by atoms with Crippen molar-refractivity contribution in [1.29, 1.82) is 0 Å². The third kappa shape index (κ3) is 14.5. The average Bonchev–Trinajstić information content (AvgIpc) is 3.99. The molecule has 2 aromatic rings. The van der Waals surface area contributed by atoms with Crippen molar-refractivity contribution in [2.75, 3.05) is 24.6 Å². The molecule has 8 rings (SSSR count). The highest BCUT2D eigenvalue weighted by molar-refractivity contribution is 5.96. The van der Waals surface area contributed by atoms with E-state index in [0.717, 1.165) is 62.1 Å². The Hall–Kier alpha value is -3.74. The van der Waals surface area contributed by atoms with Crippen LogP contribution in [0.3, 0.4) is 0 Å². The molecule has 2 aromatic carbocycles. The molecule has 12 nitrogen and oxygen atoms in total. The summed E-state index contributed by atoms with van der Waals surface area (Å²) in [4.78, 5) is 22.1. The van der Waals surface area contributed by atoms with E-state index in [1.165, 1.54) is 64.2 Å². The van der Waals surface area contributed by atoms with Crippen molar-refractivity contribution in [1.82, 2.24) is 5.32 Å². The van der Waals surface area contributed by atoms with Crippen molar-refractivity contribution in [3.63, 3.8) is 0 Å². The summed E-state index contributed by atoms with van der Waals surface area (Å²) in [7, 11) is 0. The van der Waals surface area contributed by atoms with E-state index >= 15 is 0 Å². The molecule has 4 atom stereocenters. The number of carboxylic acid groups (broad SMARTS) is 1. The van der Waals surface area contributed by atoms with E-state index in [9.17, 15) is 9.59 Å². The van der Waals surface area contributed by atoms with Gasteiger partial charge in [0.25, 0.3) is 5.91 Å². The van der Waals surface area contributed by atoms with Gasteiger partial charge in [-0.25, -0.2) is 0 Å². The molecular weight excluding hydrogens is 690 g/mol. The zero-order valence-electron chi connectivity index (χ0n) is 31.7. The molecule has 5 N–H and O–H groups in total. The summed E-state index contributed by atoms with van der Waals surface area (Å²) in [5.74, 6) is 2.04. The smallest absolute Gasteiger partial charge is 0.306 e. The number of hydrogen-bond donors (Lipinski definition) is 4. The molecule has 1 amide bonds. The fraction of sp³-hybridized carbons (Fsp3) is 0.667. The Morgan fingerprint density at radius 1 is 0.704 bits per heavy atom. The normalized spacial score (nSPS) is 23.1. The Morgan fingerprint density at radius 3 is 1.81 bits per heavy atom. The van der Waals surface area contributed by atoms with Crippen LogP contribution in [0.15, 0.2) is 36.4 Å². The molecule has 2 saturated carbocycles. The predicted molar refractivity (Wildman–Crippen MR) is 210 cm³/mol. The lowest BCUT2D eigenvalue weighted by Crippen LogP contribution is -2.40. The number of unbranched alkanes of at least 4 members (excludes halogenated alkanes) is 2. The average molecular weight is 756 g/mol. The monoisotopic (exact) mass is 755 g/mol. The van der Waals surface area contributed by atoms with Gasteiger partial charge in [-0.15, -0.1) is 0 Å². The molecule has 0 unspecified atom stereocenters. The molecule has 302 valence electrons. The molecule has 0 spiro atoms. The van der Waals surface area contributed by atoms with E-state index in [2.05, 4.69) is 24.5 Å². The van der Waals surface area contributed by atoms with Gasteiger partial charge in [0.05, 0.1) is 24.7 Å². The fourth-order valence-corrected chi connectivity index (χ4v) is 7.16. The number of ether oxygens (including phenoxy) is 6. The summed E-state index contributed by atoms with van der Waals surface area (Å²) in [5, 5.41) is 15.1. The number of nitrogens with two attached hydrogens (primary N) is 1. The number of rotatable bonds is 12. The standard InChI is InChI=1S/C14H17NO4.C12H23N.C8H14O3.C7H7NO2.CH4/c1-2-3-4-11-13(19-11)14(16)15-9-5-6-10-12(7-9)18-8-17-10;1-3-7-11(8-4-1)13-12-9-5-2-6-10-12;1-2-3-4-6-7(11-6)5-8(9)10;8-5-1-2-6-7(3-5)10-4-9-6;/h5-7,11,13H,2-4,8H2,1H3,(H,15,16);11-13H,1-10H2;6-7H,2-5H2,1H3,(H,9,10);1-3H,4,8H2;1H4/t11-,13+;;6-,7-;;/m1.1../s1. The molecule has 4 fully saturated rings. The van der Waals surface area contributed by atoms with Gasteiger partial charge < -0.3 is 49.9 Å². The molecule has 0 aromatic heterocycles. The third-order valence-corrected chi connectivity index (χ3v) is 10.3. The second-order valence-electron chi connectivity index (χ2n) is 14.7. The molecule has 12 heteroatoms. The Bertz CT molecular complexity index is 1410. The number of amides is 1. The maximum Gasteiger partial charge on any atom is 0.306 e. The first kappa shape index (κ1) is 43.0. The van der Waals surface area contributed by atoms with Gasteiger partial charge in [-0.05, 0) is 62.8 Å². The second-order valence-corrected chi connectivity index (χ2v) is 14.7. The largest absolute Gasteiger partial charge is 0.481 e. The molecule has 0 bridgehead atoms. The molecular formula is C42H65N3O9. The van der Waals surface area contributed by atoms with Crippen LogP contribution in [0.5, 0.6) is 23.0 Å². The first-order valence-electron chi connectivity index (χ1n) is 20.0. The summed E-state index contributed by atoms with van der Waals surface area (Å²) in [6.07, 6.45) is 21.3. The van der Waals surface area contributed by atoms with E-state index in [1.54, 1.807) is 36.4 Å². The van der Waals surface area contributed by atoms with Crippen LogP contribution in [0.25, 0.3) is 0 Å². The lowest BCUT2D eigenvalue weighted by atomic mass is 9.91. The molecule has 2 aliphatic carbocycles. The van der Waals surface area contributed by atoms with Gasteiger partial charge in [0.1, 0.15) is 0 Å². The molecule has 2 saturated heterocycles. The van der Waals surface area contributed by atoms with Crippen LogP contribution in [-0.2, 0) is 19.1 Å². The number of carbonyl (C=O) groups is 2. The number of hydrogen-bond acceptors (Lipinski definition) is 10. The molecule has 4 aliphatic heterocycles. The van der Waals surface area contributed by atoms with Crippen LogP contribution in [-0.4, -0.2) is 67.1 Å². The summed E-state index contributed by atoms with van der Waals surface area (Å²) in [6.45, 7) is 4.79. The minimum atomic E-state index is -0.756. The number of fused-ring (bicyclic) bond motifs is 2. The fourth-order valence-electron chi connectivity index (χ4n) is 7.16. The van der Waals surface area contributed by atoms with Gasteiger partial charge in [0.15, 0.2) is 29.1 Å². The number of carbonyl (C=O) groups excluding carboxylic acids is 1. The van der Waals surface area contributed by atoms with Crippen LogP contribution in [0.1, 0.15) is 130 Å². The number of aliphatic carboxylic acids is 1. The zero-order valence-corrected chi connectivity index (χ0v) is 31.7. The minimum absolute atomic E-state index is 0. The number of nitrogens with one attached hydrogen (secondary N) is 2. The van der Waals surface area contributed by atoms with Crippen LogP contribution >= 0.6 is 0 Å². The molecule has 6 aliphatic rings. The lowest BCUT2D eigenvalue weighted by Gasteiger charge is -2.30. The van der Waals surface area contributed by atoms with Crippen LogP contribution in [0.2, 0.25) is 0 Å². The zero-order chi connectivity index (χ0) is 37.4. The van der Waals surface area contributed by atoms with Crippen LogP contribution < -0.4 is 35.3 Å². The summed E-state index contributed by atoms with van der Waals surface area (Å²) < 4.78 is 31.2. The Kier molecular flexibility index (Phi) is 18.0. The quantitative estimate of drug-likeness (QED) is 0.121. The van der Waals surface area contributed by atoms with Crippen molar-refractivity contribution < 1.29 is 43.1 Å². The predicted octanol–water partition coefficient (Wildman–Crippen LogP) is 8.61. The van der Waals surface area contributed by atoms with Crippen LogP contribution in [0, 0.1) is 0 Å². The van der Waals surface area contributed by atoms with E-state index in [4.69, 9.17) is 39.3 Å². The first-order valence-corrected chi connectivity index (χ1v) is 20.0. The van der Waals surface area contributed by atoms with Crippen molar-refractivity contribution in [2.45, 2.75) is 167 Å². The summed E-state index contributed by atoms with van der Waals surface area (Å²) >= 11 is 0. The van der Waals surface area contributed by atoms with E-state index in [0.29, 0.717) is 29.7 Å². The van der Waals surface area contributed by atoms with Crippen molar-refractivity contribution >= 4 is 23.3 Å². The van der Waals surface area contributed by atoms with Crippen molar-refractivity contribution in [3.8, 4) is 23.0 Å². The summed E-state index contributed by atoms with van der Waals surface area (Å²) in [5.41, 5.74) is 6.90. The number of anilines is 2. The van der Waals surface area contributed by atoms with Crippen molar-refractivity contribution in [3.05, 3.63) is 36.4 Å². The SMILES string of the molecule is C.C1CCC(NC2CCCCC2)CC1.CCCC[C@H]1O[C@@H]1C(=O)Nc1ccc2c(c1)OCO2.CCCC[C@H]1O[C@@H]1CC(=O)O.Nc1ccc2c(c1)OCO2. The topological polar surface area (TPSA) is 166 Å². The highest BCUT2D eigenvalue weighted by atomic mass is 16.7. The maximum atomic E-state index is 11.9. The molecule has 4 heterocycles. The van der Waals surface area contributed by atoms with Gasteiger partial charge in [0, 0.05) is 35.6 Å². The number of benzene rings is 2. The van der Waals surface area contributed by atoms with E-state index in [-0.39, 0.29) is 51.0 Å². The lowest BCUT2D eigenvalue weighted by molar-refractivity contribution is -0.137. The van der Waals surface area contributed by atoms with Gasteiger partial charge in [-0.3, -0.25) is 9.59 Å². The Labute approximate surface area is 322 Å². The molecule has 0 radical (unpaired) electrons. The van der Waals surface area contributed by atoms with Gasteiger partial charge >= 0.3 is 5.97 Å². The highest BCUT2D eigenvalue weighted by Gasteiger charge is 2.44. The first-order chi connectivity index (χ1) is 25.8. The minimum Gasteiger partial charge on any atom is -0.481 e. The molecule has 54 heavy (non-hydrogen) atoms. The highest BCUT2D eigenvalue weighted by Crippen LogP contribution is 2.36.